The van der Waals surface area contributed by atoms with Crippen LogP contribution in [0.2, 0.25) is 5.02 Å². The first-order valence-electron chi connectivity index (χ1n) is 4.50. The molecule has 3 aromatic rings. The number of pyridine rings is 1. The van der Waals surface area contributed by atoms with E-state index in [1.54, 1.807) is 28.8 Å². The molecule has 0 saturated heterocycles. The summed E-state index contributed by atoms with van der Waals surface area (Å²) in [5.74, 6) is 1.27. The van der Waals surface area contributed by atoms with Gasteiger partial charge in [0.25, 0.3) is 0 Å². The van der Waals surface area contributed by atoms with Gasteiger partial charge in [0, 0.05) is 6.20 Å². The molecule has 0 N–H and O–H groups in total. The van der Waals surface area contributed by atoms with Crippen LogP contribution in [0, 0.1) is 0 Å². The van der Waals surface area contributed by atoms with Crippen LogP contribution >= 0.6 is 27.5 Å². The maximum absolute atomic E-state index is 5.92. The Bertz CT molecular complexity index is 661. The minimum atomic E-state index is 0.624. The molecule has 3 aromatic heterocycles. The van der Waals surface area contributed by atoms with E-state index in [-0.39, 0.29) is 0 Å². The smallest absolute Gasteiger partial charge is 0.204 e. The first-order chi connectivity index (χ1) is 7.74. The largest absolute Gasteiger partial charge is 0.446 e. The number of fused-ring (bicyclic) bond motifs is 1. The van der Waals surface area contributed by atoms with Crippen LogP contribution < -0.4 is 0 Å². The summed E-state index contributed by atoms with van der Waals surface area (Å²) >= 11 is 9.17. The fraction of sp³-hybridized carbons (Fsp3) is 0. The Morgan fingerprint density at radius 2 is 2.06 bits per heavy atom. The molecule has 0 aliphatic rings. The summed E-state index contributed by atoms with van der Waals surface area (Å²) < 4.78 is 7.87. The number of halogens is 2. The minimum absolute atomic E-state index is 0.624. The average Bonchev–Trinajstić information content (AvgIpc) is 2.83. The zero-order valence-corrected chi connectivity index (χ0v) is 10.2. The van der Waals surface area contributed by atoms with Crippen molar-refractivity contribution in [1.82, 2.24) is 14.6 Å². The minimum Gasteiger partial charge on any atom is -0.446 e. The molecule has 3 rings (SSSR count). The van der Waals surface area contributed by atoms with E-state index in [1.807, 2.05) is 6.07 Å². The van der Waals surface area contributed by atoms with Gasteiger partial charge in [0.1, 0.15) is 0 Å². The van der Waals surface area contributed by atoms with Crippen molar-refractivity contribution < 1.29 is 4.42 Å². The van der Waals surface area contributed by atoms with Crippen molar-refractivity contribution in [3.63, 3.8) is 0 Å². The van der Waals surface area contributed by atoms with Crippen LogP contribution in [0.25, 0.3) is 17.2 Å². The summed E-state index contributed by atoms with van der Waals surface area (Å²) in [6.07, 6.45) is 1.75. The lowest BCUT2D eigenvalue weighted by atomic mass is 10.4. The van der Waals surface area contributed by atoms with E-state index in [1.165, 1.54) is 0 Å². The fourth-order valence-electron chi connectivity index (χ4n) is 1.47. The molecule has 0 aromatic carbocycles. The molecule has 0 radical (unpaired) electrons. The molecule has 0 amide bonds. The number of furan rings is 1. The van der Waals surface area contributed by atoms with Gasteiger partial charge in [0.15, 0.2) is 16.1 Å². The molecule has 80 valence electrons. The normalized spacial score (nSPS) is 11.1. The third kappa shape index (κ3) is 1.52. The van der Waals surface area contributed by atoms with Crippen molar-refractivity contribution in [3.8, 4) is 11.6 Å². The van der Waals surface area contributed by atoms with E-state index < -0.39 is 0 Å². The number of nitrogens with zero attached hydrogens (tertiary/aromatic N) is 3. The zero-order valence-electron chi connectivity index (χ0n) is 7.89. The number of rotatable bonds is 1. The van der Waals surface area contributed by atoms with Crippen LogP contribution in [0.3, 0.4) is 0 Å². The van der Waals surface area contributed by atoms with Crippen molar-refractivity contribution in [2.75, 3.05) is 0 Å². The lowest BCUT2D eigenvalue weighted by molar-refractivity contribution is 0.550. The molecule has 3 heterocycles. The maximum Gasteiger partial charge on any atom is 0.204 e. The first-order valence-corrected chi connectivity index (χ1v) is 5.67. The van der Waals surface area contributed by atoms with Crippen molar-refractivity contribution in [3.05, 3.63) is 40.2 Å². The predicted molar refractivity (Wildman–Crippen MR) is 63.4 cm³/mol. The molecule has 4 nitrogen and oxygen atoms in total. The third-order valence-corrected chi connectivity index (χ3v) is 2.81. The van der Waals surface area contributed by atoms with E-state index in [9.17, 15) is 0 Å². The summed E-state index contributed by atoms with van der Waals surface area (Å²) in [5, 5.41) is 8.71. The van der Waals surface area contributed by atoms with Crippen molar-refractivity contribution in [2.24, 2.45) is 0 Å². The number of hydrogen-bond acceptors (Lipinski definition) is 3. The second-order valence-corrected chi connectivity index (χ2v) is 4.42. The molecule has 0 spiro atoms. The standard InChI is InChI=1S/C10H5BrClN3O/c11-8-3-2-7(16-8)10-14-13-9-4-1-6(12)5-15(9)10/h1-5H. The highest BCUT2D eigenvalue weighted by Crippen LogP contribution is 2.24. The highest BCUT2D eigenvalue weighted by atomic mass is 79.9. The van der Waals surface area contributed by atoms with Crippen molar-refractivity contribution >= 4 is 33.2 Å². The van der Waals surface area contributed by atoms with Gasteiger partial charge in [0.05, 0.1) is 5.02 Å². The lowest BCUT2D eigenvalue weighted by Crippen LogP contribution is -1.87. The summed E-state index contributed by atoms with van der Waals surface area (Å²) in [5.41, 5.74) is 0.729. The Kier molecular flexibility index (Phi) is 2.22. The molecule has 0 bridgehead atoms. The Morgan fingerprint density at radius 1 is 1.19 bits per heavy atom. The third-order valence-electron chi connectivity index (χ3n) is 2.16. The molecule has 16 heavy (non-hydrogen) atoms. The highest BCUT2D eigenvalue weighted by Gasteiger charge is 2.11. The van der Waals surface area contributed by atoms with Gasteiger partial charge >= 0.3 is 0 Å². The van der Waals surface area contributed by atoms with Gasteiger partial charge in [-0.25, -0.2) is 0 Å². The van der Waals surface area contributed by atoms with Crippen LogP contribution in [-0.2, 0) is 0 Å². The van der Waals surface area contributed by atoms with Gasteiger partial charge < -0.3 is 4.42 Å². The molecule has 0 unspecified atom stereocenters. The van der Waals surface area contributed by atoms with E-state index in [2.05, 4.69) is 26.1 Å². The second-order valence-electron chi connectivity index (χ2n) is 3.20. The van der Waals surface area contributed by atoms with Crippen LogP contribution in [0.4, 0.5) is 0 Å². The first kappa shape index (κ1) is 9.86. The SMILES string of the molecule is Clc1ccc2nnc(-c3ccc(Br)o3)n2c1. The van der Waals surface area contributed by atoms with Gasteiger partial charge in [0.2, 0.25) is 5.82 Å². The van der Waals surface area contributed by atoms with Gasteiger partial charge in [-0.3, -0.25) is 4.40 Å². The van der Waals surface area contributed by atoms with Gasteiger partial charge in [-0.1, -0.05) is 11.6 Å². The van der Waals surface area contributed by atoms with Crippen LogP contribution in [-0.4, -0.2) is 14.6 Å². The molecule has 0 aliphatic heterocycles. The fourth-order valence-corrected chi connectivity index (χ4v) is 1.93. The van der Waals surface area contributed by atoms with Crippen molar-refractivity contribution in [1.29, 1.82) is 0 Å². The molecule has 0 fully saturated rings. The topological polar surface area (TPSA) is 43.3 Å². The predicted octanol–water partition coefficient (Wildman–Crippen LogP) is 3.41. The van der Waals surface area contributed by atoms with Gasteiger partial charge in [-0.15, -0.1) is 10.2 Å². The molecule has 0 aliphatic carbocycles. The number of aromatic nitrogens is 3. The lowest BCUT2D eigenvalue weighted by Gasteiger charge is -1.96. The van der Waals surface area contributed by atoms with E-state index >= 15 is 0 Å². The summed E-state index contributed by atoms with van der Waals surface area (Å²) in [4.78, 5) is 0. The van der Waals surface area contributed by atoms with Gasteiger partial charge in [-0.2, -0.15) is 0 Å². The number of hydrogen-bond donors (Lipinski definition) is 0. The van der Waals surface area contributed by atoms with E-state index in [0.29, 0.717) is 21.3 Å². The molecular formula is C10H5BrClN3O. The Labute approximate surface area is 104 Å². The van der Waals surface area contributed by atoms with Crippen LogP contribution in [0.15, 0.2) is 39.5 Å². The second kappa shape index (κ2) is 3.61. The Morgan fingerprint density at radius 3 is 2.81 bits per heavy atom. The Hall–Kier alpha value is -1.33. The van der Waals surface area contributed by atoms with Crippen LogP contribution in [0.1, 0.15) is 0 Å². The highest BCUT2D eigenvalue weighted by molar-refractivity contribution is 9.10. The zero-order chi connectivity index (χ0) is 11.1. The van der Waals surface area contributed by atoms with Gasteiger partial charge in [-0.05, 0) is 40.2 Å². The molecule has 6 heteroatoms. The van der Waals surface area contributed by atoms with E-state index in [4.69, 9.17) is 16.0 Å². The van der Waals surface area contributed by atoms with Crippen molar-refractivity contribution in [2.45, 2.75) is 0 Å². The molecule has 0 atom stereocenters. The monoisotopic (exact) mass is 297 g/mol. The maximum atomic E-state index is 5.92. The summed E-state index contributed by atoms with van der Waals surface area (Å²) in [6, 6.07) is 7.20. The summed E-state index contributed by atoms with van der Waals surface area (Å²) in [7, 11) is 0. The average molecular weight is 299 g/mol. The van der Waals surface area contributed by atoms with E-state index in [0.717, 1.165) is 5.65 Å². The molecule has 0 saturated carbocycles. The summed E-state index contributed by atoms with van der Waals surface area (Å²) in [6.45, 7) is 0. The van der Waals surface area contributed by atoms with Crippen LogP contribution in [0.5, 0.6) is 0 Å². The quantitative estimate of drug-likeness (QED) is 0.691. The Balaban J connectivity index is 2.27. The molecular weight excluding hydrogens is 293 g/mol.